The van der Waals surface area contributed by atoms with Gasteiger partial charge in [0.2, 0.25) is 10.0 Å². The van der Waals surface area contributed by atoms with Gasteiger partial charge in [0.1, 0.15) is 10.4 Å². The number of hydrogen-bond donors (Lipinski definition) is 1. The number of benzene rings is 1. The van der Waals surface area contributed by atoms with Crippen LogP contribution in [0.15, 0.2) is 32.2 Å². The lowest BCUT2D eigenvalue weighted by Gasteiger charge is -2.19. The van der Waals surface area contributed by atoms with Crippen molar-refractivity contribution in [2.24, 2.45) is 0 Å². The molecule has 2 aromatic heterocycles. The zero-order valence-electron chi connectivity index (χ0n) is 13.3. The molecule has 11 heteroatoms. The highest BCUT2D eigenvalue weighted by molar-refractivity contribution is 7.89. The summed E-state index contributed by atoms with van der Waals surface area (Å²) in [5.74, 6) is 0.492. The fourth-order valence-corrected chi connectivity index (χ4v) is 4.48. The normalized spacial score (nSPS) is 22.0. The Bertz CT molecular complexity index is 1030. The summed E-state index contributed by atoms with van der Waals surface area (Å²) >= 11 is 0. The van der Waals surface area contributed by atoms with E-state index in [-0.39, 0.29) is 35.8 Å². The van der Waals surface area contributed by atoms with E-state index in [2.05, 4.69) is 25.1 Å². The van der Waals surface area contributed by atoms with Gasteiger partial charge in [-0.1, -0.05) is 18.1 Å². The van der Waals surface area contributed by atoms with Crippen molar-refractivity contribution in [2.45, 2.75) is 30.3 Å². The highest BCUT2D eigenvalue weighted by Gasteiger charge is 2.47. The van der Waals surface area contributed by atoms with E-state index < -0.39 is 15.6 Å². The van der Waals surface area contributed by atoms with Gasteiger partial charge < -0.3 is 9.63 Å². The van der Waals surface area contributed by atoms with Crippen LogP contribution in [0.2, 0.25) is 0 Å². The average Bonchev–Trinajstić information content (AvgIpc) is 3.33. The monoisotopic (exact) mass is 365 g/mol. The molecule has 0 bridgehead atoms. The van der Waals surface area contributed by atoms with Crippen molar-refractivity contribution in [3.05, 3.63) is 29.9 Å². The summed E-state index contributed by atoms with van der Waals surface area (Å²) in [6, 6.07) is 4.60. The molecule has 0 amide bonds. The van der Waals surface area contributed by atoms with Gasteiger partial charge in [-0.15, -0.1) is 0 Å². The van der Waals surface area contributed by atoms with Crippen molar-refractivity contribution < 1.29 is 22.7 Å². The van der Waals surface area contributed by atoms with Crippen LogP contribution < -0.4 is 0 Å². The van der Waals surface area contributed by atoms with E-state index in [1.54, 1.807) is 12.1 Å². The molecule has 1 N–H and O–H groups in total. The number of aromatic nitrogens is 4. The molecule has 0 spiro atoms. The average molecular weight is 365 g/mol. The number of aliphatic hydroxyl groups is 1. The molecular formula is C14H15N5O5S. The maximum Gasteiger partial charge on any atom is 0.260 e. The number of nitrogens with zero attached hydrogens (tertiary/aromatic N) is 5. The van der Waals surface area contributed by atoms with E-state index in [1.807, 2.05) is 6.92 Å². The van der Waals surface area contributed by atoms with Crippen LogP contribution in [-0.4, -0.2) is 51.4 Å². The van der Waals surface area contributed by atoms with Crippen LogP contribution in [0.4, 0.5) is 0 Å². The summed E-state index contributed by atoms with van der Waals surface area (Å²) in [7, 11) is -3.89. The van der Waals surface area contributed by atoms with E-state index in [0.717, 1.165) is 0 Å². The Kier molecular flexibility index (Phi) is 3.60. The molecular weight excluding hydrogens is 350 g/mol. The van der Waals surface area contributed by atoms with Gasteiger partial charge >= 0.3 is 0 Å². The molecule has 1 aromatic carbocycles. The first-order chi connectivity index (χ1) is 11.9. The van der Waals surface area contributed by atoms with Crippen molar-refractivity contribution in [1.29, 1.82) is 0 Å². The molecule has 0 aliphatic carbocycles. The molecule has 10 nitrogen and oxygen atoms in total. The fourth-order valence-electron chi connectivity index (χ4n) is 2.85. The molecule has 0 saturated carbocycles. The molecule has 25 heavy (non-hydrogen) atoms. The fraction of sp³-hybridized carbons (Fsp3) is 0.429. The second-order valence-corrected chi connectivity index (χ2v) is 7.78. The predicted molar refractivity (Wildman–Crippen MR) is 82.8 cm³/mol. The van der Waals surface area contributed by atoms with Crippen LogP contribution >= 0.6 is 0 Å². The standard InChI is InChI=1S/C14H15N5O5S/c1-2-11-15-13(23-17-11)14(20)6-7-19(8-14)25(21,22)10-5-3-4-9-12(10)18-24-16-9/h3-5,20H,2,6-8H2,1H3/t14-/m0/s1. The first-order valence-electron chi connectivity index (χ1n) is 7.71. The topological polar surface area (TPSA) is 135 Å². The second-order valence-electron chi connectivity index (χ2n) is 5.88. The molecule has 1 saturated heterocycles. The van der Waals surface area contributed by atoms with Crippen molar-refractivity contribution in [1.82, 2.24) is 24.8 Å². The van der Waals surface area contributed by atoms with Gasteiger partial charge in [0.05, 0.1) is 6.54 Å². The van der Waals surface area contributed by atoms with E-state index in [1.165, 1.54) is 10.4 Å². The first-order valence-corrected chi connectivity index (χ1v) is 9.15. The third kappa shape index (κ3) is 2.51. The quantitative estimate of drug-likeness (QED) is 0.699. The molecule has 1 aliphatic heterocycles. The van der Waals surface area contributed by atoms with Crippen LogP contribution in [0.1, 0.15) is 25.1 Å². The Hall–Kier alpha value is -2.37. The van der Waals surface area contributed by atoms with Gasteiger partial charge in [-0.3, -0.25) is 0 Å². The zero-order valence-corrected chi connectivity index (χ0v) is 14.1. The van der Waals surface area contributed by atoms with Gasteiger partial charge in [0, 0.05) is 19.4 Å². The summed E-state index contributed by atoms with van der Waals surface area (Å²) in [5, 5.41) is 21.9. The second kappa shape index (κ2) is 5.58. The minimum Gasteiger partial charge on any atom is -0.379 e. The van der Waals surface area contributed by atoms with Crippen molar-refractivity contribution in [3.63, 3.8) is 0 Å². The minimum absolute atomic E-state index is 0.0183. The minimum atomic E-state index is -3.89. The Morgan fingerprint density at radius 1 is 1.32 bits per heavy atom. The molecule has 3 heterocycles. The van der Waals surface area contributed by atoms with Crippen LogP contribution in [0.5, 0.6) is 0 Å². The molecule has 1 fully saturated rings. The van der Waals surface area contributed by atoms with Crippen LogP contribution in [0, 0.1) is 0 Å². The zero-order chi connectivity index (χ0) is 17.7. The molecule has 1 atom stereocenters. The predicted octanol–water partition coefficient (Wildman–Crippen LogP) is 0.450. The summed E-state index contributed by atoms with van der Waals surface area (Å²) < 4.78 is 36.8. The van der Waals surface area contributed by atoms with Crippen molar-refractivity contribution >= 4 is 21.1 Å². The van der Waals surface area contributed by atoms with Crippen LogP contribution in [0.25, 0.3) is 11.0 Å². The lowest BCUT2D eigenvalue weighted by atomic mass is 10.0. The van der Waals surface area contributed by atoms with Gasteiger partial charge in [-0.2, -0.15) is 9.29 Å². The van der Waals surface area contributed by atoms with Gasteiger partial charge in [0.15, 0.2) is 16.9 Å². The largest absolute Gasteiger partial charge is 0.379 e. The molecule has 3 aromatic rings. The molecule has 0 radical (unpaired) electrons. The number of sulfonamides is 1. The number of β-amino-alcohol motifs (C(OH)–C–C–N with tert-alkyl or cyclic N) is 1. The third-order valence-corrected chi connectivity index (χ3v) is 6.14. The lowest BCUT2D eigenvalue weighted by Crippen LogP contribution is -2.34. The number of hydrogen-bond acceptors (Lipinski definition) is 9. The Labute approximate surface area is 142 Å². The van der Waals surface area contributed by atoms with Gasteiger partial charge in [-0.25, -0.2) is 13.0 Å². The van der Waals surface area contributed by atoms with E-state index >= 15 is 0 Å². The van der Waals surface area contributed by atoms with Gasteiger partial charge in [-0.05, 0) is 22.4 Å². The third-order valence-electron chi connectivity index (χ3n) is 4.26. The molecule has 132 valence electrons. The highest BCUT2D eigenvalue weighted by atomic mass is 32.2. The smallest absolute Gasteiger partial charge is 0.260 e. The maximum absolute atomic E-state index is 13.0. The van der Waals surface area contributed by atoms with Crippen LogP contribution in [-0.2, 0) is 22.0 Å². The highest BCUT2D eigenvalue weighted by Crippen LogP contribution is 2.35. The lowest BCUT2D eigenvalue weighted by molar-refractivity contribution is 0.0194. The van der Waals surface area contributed by atoms with E-state index in [9.17, 15) is 13.5 Å². The Morgan fingerprint density at radius 2 is 2.16 bits per heavy atom. The molecule has 1 aliphatic rings. The molecule has 0 unspecified atom stereocenters. The van der Waals surface area contributed by atoms with Crippen molar-refractivity contribution in [2.75, 3.05) is 13.1 Å². The summed E-state index contributed by atoms with van der Waals surface area (Å²) in [6.45, 7) is 1.80. The summed E-state index contributed by atoms with van der Waals surface area (Å²) in [6.07, 6.45) is 0.716. The molecule has 4 rings (SSSR count). The number of fused-ring (bicyclic) bond motifs is 1. The van der Waals surface area contributed by atoms with Crippen molar-refractivity contribution in [3.8, 4) is 0 Å². The van der Waals surface area contributed by atoms with E-state index in [0.29, 0.717) is 17.8 Å². The van der Waals surface area contributed by atoms with Crippen LogP contribution in [0.3, 0.4) is 0 Å². The Balaban J connectivity index is 1.67. The Morgan fingerprint density at radius 3 is 2.92 bits per heavy atom. The summed E-state index contributed by atoms with van der Waals surface area (Å²) in [5.41, 5.74) is -1.01. The van der Waals surface area contributed by atoms with E-state index in [4.69, 9.17) is 4.52 Å². The number of aryl methyl sites for hydroxylation is 1. The first kappa shape index (κ1) is 16.1. The number of rotatable bonds is 4. The maximum atomic E-state index is 13.0. The summed E-state index contributed by atoms with van der Waals surface area (Å²) in [4.78, 5) is 4.11. The van der Waals surface area contributed by atoms with Gasteiger partial charge in [0.25, 0.3) is 5.89 Å². The SMILES string of the molecule is CCc1noc([C@]2(O)CCN(S(=O)(=O)c3cccc4nonc34)C2)n1.